The maximum atomic E-state index is 3.38. The third-order valence-corrected chi connectivity index (χ3v) is 1.89. The molecule has 0 spiro atoms. The fourth-order valence-corrected chi connectivity index (χ4v) is 1.39. The monoisotopic (exact) mass is 128 g/mol. The van der Waals surface area contributed by atoms with Gasteiger partial charge < -0.3 is 10.6 Å². The molecule has 0 bridgehead atoms. The van der Waals surface area contributed by atoms with Crippen molar-refractivity contribution in [1.82, 2.24) is 10.6 Å². The van der Waals surface area contributed by atoms with Gasteiger partial charge >= 0.3 is 0 Å². The Balaban J connectivity index is 2.08. The van der Waals surface area contributed by atoms with E-state index in [2.05, 4.69) is 10.6 Å². The number of nitrogens with one attached hydrogen (secondary N) is 2. The molecular formula is C7H16N2. The zero-order chi connectivity index (χ0) is 6.53. The van der Waals surface area contributed by atoms with E-state index in [1.54, 1.807) is 0 Å². The van der Waals surface area contributed by atoms with Crippen LogP contribution in [0.1, 0.15) is 12.8 Å². The van der Waals surface area contributed by atoms with Crippen LogP contribution in [0.4, 0.5) is 0 Å². The molecular weight excluding hydrogens is 112 g/mol. The maximum Gasteiger partial charge on any atom is -0.000837 e. The van der Waals surface area contributed by atoms with E-state index in [1.807, 2.05) is 7.05 Å². The van der Waals surface area contributed by atoms with Crippen LogP contribution < -0.4 is 10.6 Å². The molecule has 0 unspecified atom stereocenters. The molecule has 1 atom stereocenters. The highest BCUT2D eigenvalue weighted by atomic mass is 14.9. The van der Waals surface area contributed by atoms with Crippen LogP contribution in [0.5, 0.6) is 0 Å². The predicted octanol–water partition coefficient (Wildman–Crippen LogP) is 0.205. The van der Waals surface area contributed by atoms with Gasteiger partial charge in [-0.05, 0) is 45.4 Å². The summed E-state index contributed by atoms with van der Waals surface area (Å²) in [4.78, 5) is 0. The lowest BCUT2D eigenvalue weighted by Crippen LogP contribution is -2.34. The van der Waals surface area contributed by atoms with Gasteiger partial charge in [-0.25, -0.2) is 0 Å². The number of piperidine rings is 1. The molecule has 2 nitrogen and oxygen atoms in total. The third-order valence-electron chi connectivity index (χ3n) is 1.89. The van der Waals surface area contributed by atoms with Crippen LogP contribution in [-0.2, 0) is 0 Å². The van der Waals surface area contributed by atoms with Crippen molar-refractivity contribution in [2.24, 2.45) is 5.92 Å². The normalized spacial score (nSPS) is 28.3. The van der Waals surface area contributed by atoms with E-state index in [0.717, 1.165) is 5.92 Å². The van der Waals surface area contributed by atoms with Gasteiger partial charge in [-0.2, -0.15) is 0 Å². The summed E-state index contributed by atoms with van der Waals surface area (Å²) in [7, 11) is 2.02. The number of hydrogen-bond donors (Lipinski definition) is 2. The van der Waals surface area contributed by atoms with Crippen molar-refractivity contribution in [3.8, 4) is 0 Å². The molecule has 0 amide bonds. The summed E-state index contributed by atoms with van der Waals surface area (Å²) in [5.74, 6) is 0.878. The minimum atomic E-state index is 0.878. The van der Waals surface area contributed by atoms with E-state index in [0.29, 0.717) is 0 Å². The summed E-state index contributed by atoms with van der Waals surface area (Å²) in [6.07, 6.45) is 2.75. The van der Waals surface area contributed by atoms with Crippen molar-refractivity contribution >= 4 is 0 Å². The Labute approximate surface area is 57.0 Å². The summed E-state index contributed by atoms with van der Waals surface area (Å²) < 4.78 is 0. The first kappa shape index (κ1) is 7.03. The Kier molecular flexibility index (Phi) is 3.01. The molecule has 2 heteroatoms. The highest BCUT2D eigenvalue weighted by Gasteiger charge is 2.10. The van der Waals surface area contributed by atoms with Crippen molar-refractivity contribution in [1.29, 1.82) is 0 Å². The van der Waals surface area contributed by atoms with Gasteiger partial charge in [0, 0.05) is 0 Å². The highest BCUT2D eigenvalue weighted by molar-refractivity contribution is 4.69. The lowest BCUT2D eigenvalue weighted by atomic mass is 10.00. The Hall–Kier alpha value is -0.0800. The third kappa shape index (κ3) is 2.33. The fraction of sp³-hybridized carbons (Fsp3) is 1.00. The van der Waals surface area contributed by atoms with Crippen LogP contribution in [0.3, 0.4) is 0 Å². The predicted molar refractivity (Wildman–Crippen MR) is 39.5 cm³/mol. The zero-order valence-corrected chi connectivity index (χ0v) is 6.11. The van der Waals surface area contributed by atoms with Crippen molar-refractivity contribution in [2.45, 2.75) is 12.8 Å². The molecule has 0 aromatic rings. The summed E-state index contributed by atoms with van der Waals surface area (Å²) >= 11 is 0. The van der Waals surface area contributed by atoms with Crippen molar-refractivity contribution in [2.75, 3.05) is 26.7 Å². The summed E-state index contributed by atoms with van der Waals surface area (Å²) in [5, 5.41) is 6.58. The molecule has 2 N–H and O–H groups in total. The molecule has 54 valence electrons. The minimum absolute atomic E-state index is 0.878. The van der Waals surface area contributed by atoms with Gasteiger partial charge in [0.2, 0.25) is 0 Å². The molecule has 1 saturated heterocycles. The topological polar surface area (TPSA) is 24.1 Å². The zero-order valence-electron chi connectivity index (χ0n) is 6.11. The largest absolute Gasteiger partial charge is 0.319 e. The Bertz CT molecular complexity index is 64.6. The van der Waals surface area contributed by atoms with Crippen molar-refractivity contribution in [3.05, 3.63) is 0 Å². The van der Waals surface area contributed by atoms with Crippen LogP contribution in [0, 0.1) is 5.92 Å². The van der Waals surface area contributed by atoms with Crippen LogP contribution >= 0.6 is 0 Å². The quantitative estimate of drug-likeness (QED) is 0.555. The van der Waals surface area contributed by atoms with Gasteiger partial charge in [-0.15, -0.1) is 0 Å². The molecule has 0 aromatic heterocycles. The van der Waals surface area contributed by atoms with Crippen LogP contribution in [0.25, 0.3) is 0 Å². The first-order valence-corrected chi connectivity index (χ1v) is 3.79. The van der Waals surface area contributed by atoms with E-state index in [-0.39, 0.29) is 0 Å². The summed E-state index contributed by atoms with van der Waals surface area (Å²) in [6.45, 7) is 3.61. The van der Waals surface area contributed by atoms with E-state index >= 15 is 0 Å². The molecule has 0 aromatic carbocycles. The second-order valence-electron chi connectivity index (χ2n) is 2.77. The van der Waals surface area contributed by atoms with Gasteiger partial charge in [-0.3, -0.25) is 0 Å². The van der Waals surface area contributed by atoms with Crippen LogP contribution in [0.2, 0.25) is 0 Å². The van der Waals surface area contributed by atoms with Crippen LogP contribution in [0.15, 0.2) is 0 Å². The first-order valence-electron chi connectivity index (χ1n) is 3.79. The number of rotatable bonds is 2. The van der Waals surface area contributed by atoms with Gasteiger partial charge in [-0.1, -0.05) is 0 Å². The van der Waals surface area contributed by atoms with E-state index in [4.69, 9.17) is 0 Å². The molecule has 0 aliphatic carbocycles. The van der Waals surface area contributed by atoms with E-state index < -0.39 is 0 Å². The van der Waals surface area contributed by atoms with Gasteiger partial charge in [0.1, 0.15) is 0 Å². The van der Waals surface area contributed by atoms with Gasteiger partial charge in [0.05, 0.1) is 0 Å². The first-order chi connectivity index (χ1) is 4.43. The van der Waals surface area contributed by atoms with E-state index in [1.165, 1.54) is 32.5 Å². The minimum Gasteiger partial charge on any atom is -0.319 e. The lowest BCUT2D eigenvalue weighted by Gasteiger charge is -2.21. The second kappa shape index (κ2) is 3.85. The number of hydrogen-bond acceptors (Lipinski definition) is 2. The van der Waals surface area contributed by atoms with Crippen LogP contribution in [-0.4, -0.2) is 26.7 Å². The SMILES string of the molecule is CNC[C@H]1CCCNC1. The molecule has 0 saturated carbocycles. The Morgan fingerprint density at radius 3 is 3.11 bits per heavy atom. The summed E-state index contributed by atoms with van der Waals surface area (Å²) in [6, 6.07) is 0. The van der Waals surface area contributed by atoms with Gasteiger partial charge in [0.25, 0.3) is 0 Å². The van der Waals surface area contributed by atoms with Crippen molar-refractivity contribution < 1.29 is 0 Å². The Morgan fingerprint density at radius 2 is 2.56 bits per heavy atom. The molecule has 1 heterocycles. The average Bonchev–Trinajstić information content (AvgIpc) is 1.91. The standard InChI is InChI=1S/C7H16N2/c1-8-5-7-3-2-4-9-6-7/h7-9H,2-6H2,1H3/t7-/m1/s1. The summed E-state index contributed by atoms with van der Waals surface area (Å²) in [5.41, 5.74) is 0. The molecule has 1 rings (SSSR count). The second-order valence-corrected chi connectivity index (χ2v) is 2.77. The fourth-order valence-electron chi connectivity index (χ4n) is 1.39. The maximum absolute atomic E-state index is 3.38. The van der Waals surface area contributed by atoms with Crippen molar-refractivity contribution in [3.63, 3.8) is 0 Å². The van der Waals surface area contributed by atoms with Gasteiger partial charge in [0.15, 0.2) is 0 Å². The molecule has 1 fully saturated rings. The van der Waals surface area contributed by atoms with E-state index in [9.17, 15) is 0 Å². The smallest absolute Gasteiger partial charge is 0.000837 e. The Morgan fingerprint density at radius 1 is 1.67 bits per heavy atom. The lowest BCUT2D eigenvalue weighted by molar-refractivity contribution is 0.368. The average molecular weight is 128 g/mol. The molecule has 9 heavy (non-hydrogen) atoms. The highest BCUT2D eigenvalue weighted by Crippen LogP contribution is 2.07. The molecule has 1 aliphatic heterocycles. The molecule has 1 aliphatic rings. The molecule has 0 radical (unpaired) electrons.